The minimum atomic E-state index is -0.553. The van der Waals surface area contributed by atoms with Gasteiger partial charge in [0.1, 0.15) is 0 Å². The van der Waals surface area contributed by atoms with Crippen LogP contribution in [0.3, 0.4) is 0 Å². The van der Waals surface area contributed by atoms with Gasteiger partial charge in [-0.2, -0.15) is 0 Å². The van der Waals surface area contributed by atoms with Crippen molar-refractivity contribution < 1.29 is 17.1 Å². The maximum absolute atomic E-state index is 2.29. The van der Waals surface area contributed by atoms with E-state index < -0.39 is 15.8 Å². The maximum atomic E-state index is 2.29. The molecule has 2 atom stereocenters. The van der Waals surface area contributed by atoms with Crippen molar-refractivity contribution in [3.8, 4) is 22.3 Å². The van der Waals surface area contributed by atoms with Crippen molar-refractivity contribution in [1.82, 2.24) is 0 Å². The Morgan fingerprint density at radius 3 is 0.918 bits per heavy atom. The molecule has 0 amide bonds. The normalized spacial score (nSPS) is 15.8. The largest absolute Gasteiger partial charge is 2.00 e. The number of benzene rings is 6. The van der Waals surface area contributed by atoms with Gasteiger partial charge in [0.05, 0.1) is 0 Å². The van der Waals surface area contributed by atoms with Gasteiger partial charge < -0.3 is 0 Å². The van der Waals surface area contributed by atoms with E-state index in [9.17, 15) is 0 Å². The maximum Gasteiger partial charge on any atom is 2.00 e. The van der Waals surface area contributed by atoms with Crippen molar-refractivity contribution in [3.63, 3.8) is 0 Å². The summed E-state index contributed by atoms with van der Waals surface area (Å²) in [5.41, 5.74) is 8.02. The van der Waals surface area contributed by atoms with Crippen LogP contribution < -0.4 is 21.2 Å². The average Bonchev–Trinajstić information content (AvgIpc) is 3.91. The summed E-state index contributed by atoms with van der Waals surface area (Å²) >= 11 is 0. The second kappa shape index (κ2) is 18.1. The number of rotatable bonds is 8. The summed E-state index contributed by atoms with van der Waals surface area (Å²) in [6.45, 7) is 0. The molecule has 0 aromatic heterocycles. The zero-order chi connectivity index (χ0) is 32.4. The Bertz CT molecular complexity index is 1690. The van der Waals surface area contributed by atoms with Gasteiger partial charge in [0.2, 0.25) is 0 Å². The smallest absolute Gasteiger partial charge is 0.0622 e. The third kappa shape index (κ3) is 8.72. The molecule has 8 rings (SSSR count). The molecular weight excluding hydrogens is 670 g/mol. The first-order valence-corrected chi connectivity index (χ1v) is 19.0. The van der Waals surface area contributed by atoms with Crippen LogP contribution in [0.4, 0.5) is 0 Å². The van der Waals surface area contributed by atoms with E-state index in [2.05, 4.69) is 221 Å². The fraction of sp³-hybridized carbons (Fsp3) is 0. The monoisotopic (exact) mass is 706 g/mol. The molecule has 0 saturated heterocycles. The Balaban J connectivity index is 0.000000167. The summed E-state index contributed by atoms with van der Waals surface area (Å²) < 4.78 is 0. The summed E-state index contributed by atoms with van der Waals surface area (Å²) in [7, 11) is -1.11. The van der Waals surface area contributed by atoms with Crippen LogP contribution in [0.1, 0.15) is 0 Å². The minimum Gasteiger partial charge on any atom is -0.0622 e. The number of hydrogen-bond acceptors (Lipinski definition) is 0. The average molecular weight is 707 g/mol. The fourth-order valence-corrected chi connectivity index (χ4v) is 11.0. The predicted molar refractivity (Wildman–Crippen MR) is 210 cm³/mol. The molecule has 2 aliphatic carbocycles. The van der Waals surface area contributed by atoms with E-state index in [-0.39, 0.29) is 17.1 Å². The van der Waals surface area contributed by atoms with Crippen LogP contribution >= 0.6 is 15.8 Å². The first-order chi connectivity index (χ1) is 23.9. The van der Waals surface area contributed by atoms with Crippen LogP contribution in [0.15, 0.2) is 170 Å². The molecular formula is C46H36FeP2+2. The molecule has 0 N–H and O–H groups in total. The fourth-order valence-electron chi connectivity index (χ4n) is 6.10. The van der Waals surface area contributed by atoms with Crippen molar-refractivity contribution in [2.24, 2.45) is 0 Å². The summed E-state index contributed by atoms with van der Waals surface area (Å²) in [6.07, 6.45) is 17.6. The van der Waals surface area contributed by atoms with Gasteiger partial charge in [0, 0.05) is 11.3 Å². The third-order valence-corrected chi connectivity index (χ3v) is 13.3. The van der Waals surface area contributed by atoms with Gasteiger partial charge >= 0.3 is 17.1 Å². The zero-order valence-corrected chi connectivity index (χ0v) is 29.9. The third-order valence-electron chi connectivity index (χ3n) is 8.29. The van der Waals surface area contributed by atoms with Gasteiger partial charge in [-0.3, -0.25) is 0 Å². The molecule has 0 bridgehead atoms. The summed E-state index contributed by atoms with van der Waals surface area (Å²) in [5.74, 6) is 0. The molecule has 6 aromatic rings. The first kappa shape index (κ1) is 35.5. The summed E-state index contributed by atoms with van der Waals surface area (Å²) in [6, 6.07) is 60.7. The van der Waals surface area contributed by atoms with Crippen molar-refractivity contribution in [2.75, 3.05) is 0 Å². The minimum absolute atomic E-state index is 0. The quantitative estimate of drug-likeness (QED) is 0.109. The molecule has 0 spiro atoms. The van der Waals surface area contributed by atoms with Crippen LogP contribution in [0.5, 0.6) is 0 Å². The van der Waals surface area contributed by atoms with Crippen LogP contribution in [0, 0.1) is 62.7 Å². The van der Waals surface area contributed by atoms with E-state index in [1.807, 2.05) is 0 Å². The molecule has 6 aromatic carbocycles. The van der Waals surface area contributed by atoms with E-state index in [0.717, 1.165) is 0 Å². The molecule has 2 fully saturated rings. The van der Waals surface area contributed by atoms with Crippen molar-refractivity contribution in [1.29, 1.82) is 0 Å². The Hall–Kier alpha value is -3.30. The molecule has 3 heteroatoms. The Labute approximate surface area is 307 Å². The van der Waals surface area contributed by atoms with Gasteiger partial charge in [0.15, 0.2) is 0 Å². The Morgan fingerprint density at radius 1 is 0.286 bits per heavy atom. The van der Waals surface area contributed by atoms with Crippen LogP contribution in [-0.4, -0.2) is 0 Å². The van der Waals surface area contributed by atoms with Gasteiger partial charge in [-0.25, -0.2) is 0 Å². The van der Waals surface area contributed by atoms with Crippen LogP contribution in [-0.2, 0) is 17.1 Å². The Kier molecular flexibility index (Phi) is 13.1. The van der Waals surface area contributed by atoms with E-state index in [0.29, 0.717) is 0 Å². The van der Waals surface area contributed by atoms with E-state index in [1.165, 1.54) is 54.8 Å². The topological polar surface area (TPSA) is 0 Å². The van der Waals surface area contributed by atoms with Gasteiger partial charge in [-0.05, 0) is 111 Å². The number of hydrogen-bond donors (Lipinski definition) is 0. The van der Waals surface area contributed by atoms with E-state index >= 15 is 0 Å². The Morgan fingerprint density at radius 2 is 0.571 bits per heavy atom. The SMILES string of the molecule is [CH]1[CH][CH][C]([P@](c2ccccc2)c2ccccc2-c2ccccc2)[CH]1.[CH]1[CH][CH][C]([P@](c2ccccc2)c2ccccc2-c2ccccc2)[CH]1.[Fe+2]. The molecule has 236 valence electrons. The van der Waals surface area contributed by atoms with Crippen LogP contribution in [0.2, 0.25) is 0 Å². The van der Waals surface area contributed by atoms with Crippen molar-refractivity contribution in [3.05, 3.63) is 233 Å². The van der Waals surface area contributed by atoms with E-state index in [4.69, 9.17) is 0 Å². The van der Waals surface area contributed by atoms with Gasteiger partial charge in [0.25, 0.3) is 0 Å². The molecule has 2 saturated carbocycles. The second-order valence-corrected chi connectivity index (χ2v) is 15.8. The van der Waals surface area contributed by atoms with Crippen LogP contribution in [0.25, 0.3) is 22.3 Å². The van der Waals surface area contributed by atoms with Crippen molar-refractivity contribution in [2.45, 2.75) is 0 Å². The molecule has 0 nitrogen and oxygen atoms in total. The van der Waals surface area contributed by atoms with Crippen molar-refractivity contribution >= 4 is 37.1 Å². The molecule has 49 heavy (non-hydrogen) atoms. The molecule has 0 heterocycles. The summed E-state index contributed by atoms with van der Waals surface area (Å²) in [4.78, 5) is 0. The second-order valence-electron chi connectivity index (χ2n) is 11.4. The molecule has 10 radical (unpaired) electrons. The standard InChI is InChI=1S/2C23H18P.Fe/c2*1-3-11-19(12-4-1)22-17-9-10-18-23(22)24(21-15-7-8-16-21)20-13-5-2-6-14-20;/h2*1-18H;/q;;+2/t2*24-;/m00./s1. The molecule has 2 aliphatic rings. The first-order valence-electron chi connectivity index (χ1n) is 16.3. The van der Waals surface area contributed by atoms with Gasteiger partial charge in [-0.1, -0.05) is 170 Å². The predicted octanol–water partition coefficient (Wildman–Crippen LogP) is 10.3. The summed E-state index contributed by atoms with van der Waals surface area (Å²) in [5, 5.41) is 5.61. The zero-order valence-electron chi connectivity index (χ0n) is 27.0. The molecule has 0 aliphatic heterocycles. The van der Waals surface area contributed by atoms with Gasteiger partial charge in [-0.15, -0.1) is 0 Å². The molecule has 0 unspecified atom stereocenters. The van der Waals surface area contributed by atoms with E-state index in [1.54, 1.807) is 0 Å².